The van der Waals surface area contributed by atoms with Crippen molar-refractivity contribution >= 4 is 16.3 Å². The summed E-state index contributed by atoms with van der Waals surface area (Å²) >= 11 is 0. The highest BCUT2D eigenvalue weighted by Gasteiger charge is 2.39. The lowest BCUT2D eigenvalue weighted by Gasteiger charge is -2.37. The second-order valence-electron chi connectivity index (χ2n) is 10.4. The number of carbonyl (C=O) groups excluding carboxylic acids is 1. The van der Waals surface area contributed by atoms with Crippen molar-refractivity contribution < 1.29 is 30.9 Å². The van der Waals surface area contributed by atoms with Gasteiger partial charge >= 0.3 is 16.3 Å². The summed E-state index contributed by atoms with van der Waals surface area (Å²) in [5.41, 5.74) is 1.58. The summed E-state index contributed by atoms with van der Waals surface area (Å²) in [5.74, 6) is -4.24. The zero-order chi connectivity index (χ0) is 25.1. The Morgan fingerprint density at radius 1 is 1.26 bits per heavy atom. The van der Waals surface area contributed by atoms with Crippen molar-refractivity contribution in [2.45, 2.75) is 71.8 Å². The van der Waals surface area contributed by atoms with Crippen LogP contribution in [0, 0.1) is 11.3 Å². The number of nitrogens with zero attached hydrogens (tertiary/aromatic N) is 1. The topological polar surface area (TPSA) is 84.9 Å². The first kappa shape index (κ1) is 26.8. The van der Waals surface area contributed by atoms with Gasteiger partial charge in [-0.05, 0) is 61.8 Å². The molecule has 0 aromatic heterocycles. The molecule has 3 rings (SSSR count). The molecule has 34 heavy (non-hydrogen) atoms. The molecule has 3 aliphatic rings. The SMILES string of the molecule is CC(F)(F)CCC1=CC=C(C2=CCNCC2)N(S(=O)(=O)OC(=O)C2CCOC(C(C)(C)C)C2)C1. The van der Waals surface area contributed by atoms with Crippen LogP contribution in [0.2, 0.25) is 0 Å². The van der Waals surface area contributed by atoms with Gasteiger partial charge in [-0.1, -0.05) is 32.9 Å². The molecular formula is C24H36F2N2O5S. The number of halogens is 2. The monoisotopic (exact) mass is 502 g/mol. The third-order valence-corrected chi connectivity index (χ3v) is 7.65. The fraction of sp³-hybridized carbons (Fsp3) is 0.708. The summed E-state index contributed by atoms with van der Waals surface area (Å²) in [4.78, 5) is 12.9. The Morgan fingerprint density at radius 2 is 2.00 bits per heavy atom. The predicted molar refractivity (Wildman–Crippen MR) is 125 cm³/mol. The minimum absolute atomic E-state index is 0.0427. The number of carbonyl (C=O) groups is 1. The average molecular weight is 503 g/mol. The fourth-order valence-electron chi connectivity index (χ4n) is 4.30. The van der Waals surface area contributed by atoms with Crippen LogP contribution in [0.5, 0.6) is 0 Å². The highest BCUT2D eigenvalue weighted by Crippen LogP contribution is 2.35. The molecule has 0 amide bonds. The highest BCUT2D eigenvalue weighted by atomic mass is 32.2. The van der Waals surface area contributed by atoms with Crippen molar-refractivity contribution in [1.82, 2.24) is 9.62 Å². The lowest BCUT2D eigenvalue weighted by Crippen LogP contribution is -2.42. The maximum Gasteiger partial charge on any atom is 0.412 e. The van der Waals surface area contributed by atoms with Crippen LogP contribution in [0.15, 0.2) is 35.1 Å². The highest BCUT2D eigenvalue weighted by molar-refractivity contribution is 7.84. The second-order valence-corrected chi connectivity index (χ2v) is 11.9. The Bertz CT molecular complexity index is 961. The van der Waals surface area contributed by atoms with Gasteiger partial charge in [0.15, 0.2) is 0 Å². The molecule has 2 atom stereocenters. The number of rotatable bonds is 7. The van der Waals surface area contributed by atoms with E-state index in [9.17, 15) is 22.0 Å². The van der Waals surface area contributed by atoms with E-state index in [0.29, 0.717) is 50.2 Å². The zero-order valence-corrected chi connectivity index (χ0v) is 21.2. The predicted octanol–water partition coefficient (Wildman–Crippen LogP) is 4.10. The van der Waals surface area contributed by atoms with Crippen LogP contribution in [0.25, 0.3) is 0 Å². The lowest BCUT2D eigenvalue weighted by molar-refractivity contribution is -0.147. The molecule has 0 aromatic rings. The summed E-state index contributed by atoms with van der Waals surface area (Å²) in [5, 5.41) is 3.18. The molecule has 3 heterocycles. The number of allylic oxidation sites excluding steroid dienone is 3. The fourth-order valence-corrected chi connectivity index (χ4v) is 5.47. The molecule has 0 aromatic carbocycles. The number of ether oxygens (including phenoxy) is 1. The molecule has 1 saturated heterocycles. The van der Waals surface area contributed by atoms with Gasteiger partial charge in [-0.25, -0.2) is 13.1 Å². The normalized spacial score (nSPS) is 24.8. The molecule has 1 N–H and O–H groups in total. The van der Waals surface area contributed by atoms with Gasteiger partial charge < -0.3 is 14.2 Å². The Morgan fingerprint density at radius 3 is 2.62 bits per heavy atom. The van der Waals surface area contributed by atoms with Gasteiger partial charge in [-0.2, -0.15) is 8.42 Å². The number of nitrogens with one attached hydrogen (secondary N) is 1. The van der Waals surface area contributed by atoms with E-state index >= 15 is 0 Å². The van der Waals surface area contributed by atoms with Crippen LogP contribution in [0.4, 0.5) is 8.78 Å². The maximum atomic E-state index is 13.4. The first-order valence-corrected chi connectivity index (χ1v) is 13.2. The van der Waals surface area contributed by atoms with E-state index in [0.717, 1.165) is 16.8 Å². The third kappa shape index (κ3) is 7.11. The summed E-state index contributed by atoms with van der Waals surface area (Å²) in [6.45, 7) is 8.37. The van der Waals surface area contributed by atoms with Gasteiger partial charge in [-0.15, -0.1) is 0 Å². The Hall–Kier alpha value is -1.78. The van der Waals surface area contributed by atoms with Crippen molar-refractivity contribution in [2.24, 2.45) is 11.3 Å². The van der Waals surface area contributed by atoms with Gasteiger partial charge in [0, 0.05) is 19.6 Å². The van der Waals surface area contributed by atoms with Crippen molar-refractivity contribution in [3.05, 3.63) is 35.1 Å². The van der Waals surface area contributed by atoms with Gasteiger partial charge in [0.2, 0.25) is 5.92 Å². The summed E-state index contributed by atoms with van der Waals surface area (Å²) in [6, 6.07) is 0. The van der Waals surface area contributed by atoms with Crippen molar-refractivity contribution in [3.8, 4) is 0 Å². The quantitative estimate of drug-likeness (QED) is 0.564. The lowest BCUT2D eigenvalue weighted by atomic mass is 9.81. The zero-order valence-electron chi connectivity index (χ0n) is 20.4. The summed E-state index contributed by atoms with van der Waals surface area (Å²) < 4.78 is 65.4. The Labute approximate surface area is 201 Å². The van der Waals surface area contributed by atoms with Crippen LogP contribution in [-0.2, 0) is 24.0 Å². The van der Waals surface area contributed by atoms with E-state index in [4.69, 9.17) is 8.92 Å². The first-order chi connectivity index (χ1) is 15.8. The smallest absolute Gasteiger partial charge is 0.378 e. The molecule has 0 aliphatic carbocycles. The molecule has 0 spiro atoms. The minimum Gasteiger partial charge on any atom is -0.378 e. The summed E-state index contributed by atoms with van der Waals surface area (Å²) in [6.07, 6.45) is 6.06. The molecule has 0 radical (unpaired) electrons. The second kappa shape index (κ2) is 10.5. The molecule has 1 fully saturated rings. The largest absolute Gasteiger partial charge is 0.412 e. The van der Waals surface area contributed by atoms with Crippen molar-refractivity contribution in [3.63, 3.8) is 0 Å². The van der Waals surface area contributed by atoms with Gasteiger partial charge in [-0.3, -0.25) is 4.79 Å². The van der Waals surface area contributed by atoms with E-state index in [-0.39, 0.29) is 24.5 Å². The maximum absolute atomic E-state index is 13.4. The Balaban J connectivity index is 1.79. The molecule has 0 saturated carbocycles. The van der Waals surface area contributed by atoms with Crippen LogP contribution >= 0.6 is 0 Å². The van der Waals surface area contributed by atoms with E-state index in [2.05, 4.69) is 5.32 Å². The van der Waals surface area contributed by atoms with E-state index in [1.807, 2.05) is 26.8 Å². The van der Waals surface area contributed by atoms with Crippen LogP contribution in [0.3, 0.4) is 0 Å². The third-order valence-electron chi connectivity index (χ3n) is 6.41. The van der Waals surface area contributed by atoms with Gasteiger partial charge in [0.25, 0.3) is 0 Å². The molecule has 192 valence electrons. The molecule has 10 heteroatoms. The van der Waals surface area contributed by atoms with Crippen molar-refractivity contribution in [2.75, 3.05) is 26.2 Å². The molecule has 3 aliphatic heterocycles. The van der Waals surface area contributed by atoms with Crippen LogP contribution in [0.1, 0.15) is 59.8 Å². The van der Waals surface area contributed by atoms with Gasteiger partial charge in [0.1, 0.15) is 0 Å². The number of hydrogen-bond acceptors (Lipinski definition) is 6. The van der Waals surface area contributed by atoms with E-state index < -0.39 is 34.5 Å². The van der Waals surface area contributed by atoms with Crippen LogP contribution in [-0.4, -0.2) is 57.0 Å². The Kier molecular flexibility index (Phi) is 8.25. The minimum atomic E-state index is -4.48. The number of hydrogen-bond donors (Lipinski definition) is 1. The average Bonchev–Trinajstić information content (AvgIpc) is 2.77. The number of alkyl halides is 2. The van der Waals surface area contributed by atoms with E-state index in [1.54, 1.807) is 12.2 Å². The standard InChI is InChI=1S/C24H36F2N2O5S/c1-23(2,3)21-15-19(10-14-32-21)22(29)33-34(30,31)28-16-17(7-11-24(4,25)26)5-6-20(28)18-8-12-27-13-9-18/h5-6,8,19,21,27H,7,9-16H2,1-4H3. The molecule has 7 nitrogen and oxygen atoms in total. The first-order valence-electron chi connectivity index (χ1n) is 11.8. The van der Waals surface area contributed by atoms with E-state index in [1.165, 1.54) is 0 Å². The van der Waals surface area contributed by atoms with Crippen molar-refractivity contribution in [1.29, 1.82) is 0 Å². The molecule has 0 bridgehead atoms. The summed E-state index contributed by atoms with van der Waals surface area (Å²) in [7, 11) is -4.48. The van der Waals surface area contributed by atoms with Crippen LogP contribution < -0.4 is 5.32 Å². The van der Waals surface area contributed by atoms with Gasteiger partial charge in [0.05, 0.1) is 24.3 Å². The molecule has 2 unspecified atom stereocenters. The molecular weight excluding hydrogens is 466 g/mol.